The number of ether oxygens (including phenoxy) is 5. The Morgan fingerprint density at radius 2 is 1.71 bits per heavy atom. The SMILES string of the molecule is CCOC(=O)C1=C(C)N=c2s/c(=C/c3cc(Br)c(OC)cc3OC)c(=O)n2[C@@H]1c1ccc(OC)c(OC)c1. The first kappa shape index (κ1) is 27.5. The fourth-order valence-electron chi connectivity index (χ4n) is 4.27. The quantitative estimate of drug-likeness (QED) is 0.363. The maximum Gasteiger partial charge on any atom is 0.338 e. The summed E-state index contributed by atoms with van der Waals surface area (Å²) >= 11 is 4.71. The second-order valence-electron chi connectivity index (χ2n) is 8.15. The summed E-state index contributed by atoms with van der Waals surface area (Å²) in [5.41, 5.74) is 1.77. The monoisotopic (exact) mass is 602 g/mol. The molecule has 0 N–H and O–H groups in total. The second kappa shape index (κ2) is 11.4. The minimum Gasteiger partial charge on any atom is -0.496 e. The van der Waals surface area contributed by atoms with Gasteiger partial charge in [0.05, 0.1) is 61.4 Å². The minimum absolute atomic E-state index is 0.185. The largest absolute Gasteiger partial charge is 0.496 e. The molecule has 0 amide bonds. The number of esters is 1. The first-order valence-electron chi connectivity index (χ1n) is 11.6. The van der Waals surface area contributed by atoms with Crippen molar-refractivity contribution in [1.82, 2.24) is 4.57 Å². The Bertz CT molecular complexity index is 1610. The first-order chi connectivity index (χ1) is 18.3. The lowest BCUT2D eigenvalue weighted by atomic mass is 9.95. The summed E-state index contributed by atoms with van der Waals surface area (Å²) in [6, 6.07) is 8.06. The number of thiazole rings is 1. The highest BCUT2D eigenvalue weighted by Crippen LogP contribution is 2.36. The highest BCUT2D eigenvalue weighted by Gasteiger charge is 2.34. The smallest absolute Gasteiger partial charge is 0.338 e. The number of halogens is 1. The number of allylic oxidation sites excluding steroid dienone is 1. The molecule has 1 aromatic heterocycles. The van der Waals surface area contributed by atoms with Crippen LogP contribution < -0.4 is 33.8 Å². The molecule has 2 aromatic carbocycles. The van der Waals surface area contributed by atoms with Crippen molar-refractivity contribution in [2.24, 2.45) is 4.99 Å². The van der Waals surface area contributed by atoms with Crippen molar-refractivity contribution >= 4 is 39.3 Å². The highest BCUT2D eigenvalue weighted by molar-refractivity contribution is 9.10. The van der Waals surface area contributed by atoms with E-state index >= 15 is 0 Å². The van der Waals surface area contributed by atoms with Crippen LogP contribution in [0.2, 0.25) is 0 Å². The molecule has 0 saturated heterocycles. The Morgan fingerprint density at radius 3 is 2.34 bits per heavy atom. The van der Waals surface area contributed by atoms with Gasteiger partial charge in [0, 0.05) is 11.6 Å². The molecule has 0 unspecified atom stereocenters. The van der Waals surface area contributed by atoms with E-state index in [-0.39, 0.29) is 17.7 Å². The van der Waals surface area contributed by atoms with E-state index in [0.29, 0.717) is 53.6 Å². The first-order valence-corrected chi connectivity index (χ1v) is 13.2. The van der Waals surface area contributed by atoms with E-state index in [2.05, 4.69) is 20.9 Å². The Kier molecular flexibility index (Phi) is 8.27. The third kappa shape index (κ3) is 4.95. The molecule has 38 heavy (non-hydrogen) atoms. The molecule has 0 aliphatic carbocycles. The molecular formula is C27H27BrN2O7S. The van der Waals surface area contributed by atoms with Crippen molar-refractivity contribution in [2.45, 2.75) is 19.9 Å². The molecule has 0 radical (unpaired) electrons. The van der Waals surface area contributed by atoms with Gasteiger partial charge in [-0.05, 0) is 59.6 Å². The van der Waals surface area contributed by atoms with Gasteiger partial charge in [-0.3, -0.25) is 9.36 Å². The lowest BCUT2D eigenvalue weighted by molar-refractivity contribution is -0.139. The van der Waals surface area contributed by atoms with E-state index in [9.17, 15) is 9.59 Å². The van der Waals surface area contributed by atoms with E-state index in [4.69, 9.17) is 23.7 Å². The van der Waals surface area contributed by atoms with Crippen LogP contribution in [0.1, 0.15) is 31.0 Å². The van der Waals surface area contributed by atoms with Crippen LogP contribution in [0.5, 0.6) is 23.0 Å². The molecule has 1 aliphatic heterocycles. The molecule has 4 rings (SSSR count). The Balaban J connectivity index is 1.98. The van der Waals surface area contributed by atoms with Crippen molar-refractivity contribution < 1.29 is 28.5 Å². The third-order valence-corrected chi connectivity index (χ3v) is 7.63. The number of carbonyl (C=O) groups is 1. The van der Waals surface area contributed by atoms with Crippen molar-refractivity contribution in [2.75, 3.05) is 35.0 Å². The van der Waals surface area contributed by atoms with Gasteiger partial charge < -0.3 is 23.7 Å². The molecule has 200 valence electrons. The van der Waals surface area contributed by atoms with Crippen molar-refractivity contribution in [3.63, 3.8) is 0 Å². The molecule has 3 aromatic rings. The van der Waals surface area contributed by atoms with E-state index in [1.54, 1.807) is 65.5 Å². The molecule has 0 fully saturated rings. The van der Waals surface area contributed by atoms with Gasteiger partial charge in [0.1, 0.15) is 11.5 Å². The zero-order chi connectivity index (χ0) is 27.6. The lowest BCUT2D eigenvalue weighted by Crippen LogP contribution is -2.40. The van der Waals surface area contributed by atoms with Crippen LogP contribution in [0.25, 0.3) is 6.08 Å². The predicted molar refractivity (Wildman–Crippen MR) is 147 cm³/mol. The van der Waals surface area contributed by atoms with Crippen LogP contribution in [0.3, 0.4) is 0 Å². The van der Waals surface area contributed by atoms with Gasteiger partial charge in [0.15, 0.2) is 16.3 Å². The maximum absolute atomic E-state index is 13.9. The van der Waals surface area contributed by atoms with Crippen molar-refractivity contribution in [1.29, 1.82) is 0 Å². The molecule has 0 bridgehead atoms. The molecule has 2 heterocycles. The van der Waals surface area contributed by atoms with E-state index < -0.39 is 12.0 Å². The van der Waals surface area contributed by atoms with Crippen LogP contribution in [0.15, 0.2) is 55.9 Å². The summed E-state index contributed by atoms with van der Waals surface area (Å²) in [6.45, 7) is 3.65. The summed E-state index contributed by atoms with van der Waals surface area (Å²) in [5.74, 6) is 1.60. The van der Waals surface area contributed by atoms with Gasteiger partial charge in [-0.15, -0.1) is 0 Å². The number of nitrogens with zero attached hydrogens (tertiary/aromatic N) is 2. The van der Waals surface area contributed by atoms with Gasteiger partial charge in [-0.1, -0.05) is 17.4 Å². The molecule has 0 saturated carbocycles. The highest BCUT2D eigenvalue weighted by atomic mass is 79.9. The average molecular weight is 603 g/mol. The summed E-state index contributed by atoms with van der Waals surface area (Å²) in [5, 5.41) is 0. The second-order valence-corrected chi connectivity index (χ2v) is 10.0. The molecular weight excluding hydrogens is 576 g/mol. The number of hydrogen-bond donors (Lipinski definition) is 0. The van der Waals surface area contributed by atoms with Gasteiger partial charge in [0.2, 0.25) is 0 Å². The zero-order valence-electron chi connectivity index (χ0n) is 21.8. The van der Waals surface area contributed by atoms with Crippen LogP contribution >= 0.6 is 27.3 Å². The number of methoxy groups -OCH3 is 4. The van der Waals surface area contributed by atoms with Crippen molar-refractivity contribution in [3.05, 3.63) is 76.9 Å². The van der Waals surface area contributed by atoms with Crippen LogP contribution in [-0.4, -0.2) is 45.6 Å². The standard InChI is InChI=1S/C27H27BrN2O7S/c1-7-37-26(32)23-14(2)29-27-30(24(23)15-8-9-18(33-3)21(11-15)36-6)25(31)22(38-27)12-16-10-17(28)20(35-5)13-19(16)34-4/h8-13,24H,7H2,1-6H3/b22-12+/t24-/m1/s1. The number of benzene rings is 2. The van der Waals surface area contributed by atoms with Crippen LogP contribution in [0.4, 0.5) is 0 Å². The van der Waals surface area contributed by atoms with Gasteiger partial charge in [0.25, 0.3) is 5.56 Å². The van der Waals surface area contributed by atoms with Gasteiger partial charge in [-0.2, -0.15) is 0 Å². The molecule has 0 spiro atoms. The zero-order valence-corrected chi connectivity index (χ0v) is 24.2. The van der Waals surface area contributed by atoms with Gasteiger partial charge >= 0.3 is 5.97 Å². The van der Waals surface area contributed by atoms with Crippen LogP contribution in [0, 0.1) is 0 Å². The number of rotatable bonds is 8. The molecule has 1 atom stereocenters. The summed E-state index contributed by atoms with van der Waals surface area (Å²) in [6.07, 6.45) is 1.74. The predicted octanol–water partition coefficient (Wildman–Crippen LogP) is 3.60. The Labute approximate surface area is 231 Å². The van der Waals surface area contributed by atoms with Crippen LogP contribution in [-0.2, 0) is 9.53 Å². The maximum atomic E-state index is 13.9. The van der Waals surface area contributed by atoms with E-state index in [1.165, 1.54) is 23.0 Å². The normalized spacial score (nSPS) is 15.0. The average Bonchev–Trinajstić information content (AvgIpc) is 3.21. The fraction of sp³-hybridized carbons (Fsp3) is 0.296. The topological polar surface area (TPSA) is 97.6 Å². The summed E-state index contributed by atoms with van der Waals surface area (Å²) in [4.78, 5) is 32.1. The molecule has 11 heteroatoms. The van der Waals surface area contributed by atoms with E-state index in [1.807, 2.05) is 6.07 Å². The summed E-state index contributed by atoms with van der Waals surface area (Å²) in [7, 11) is 6.18. The Morgan fingerprint density at radius 1 is 1.03 bits per heavy atom. The lowest BCUT2D eigenvalue weighted by Gasteiger charge is -2.25. The van der Waals surface area contributed by atoms with Gasteiger partial charge in [-0.25, -0.2) is 9.79 Å². The third-order valence-electron chi connectivity index (χ3n) is 6.03. The molecule has 9 nitrogen and oxygen atoms in total. The minimum atomic E-state index is -0.781. The number of aromatic nitrogens is 1. The Hall–Kier alpha value is -3.57. The van der Waals surface area contributed by atoms with Crippen molar-refractivity contribution in [3.8, 4) is 23.0 Å². The summed E-state index contributed by atoms with van der Waals surface area (Å²) < 4.78 is 29.8. The van der Waals surface area contributed by atoms with E-state index in [0.717, 1.165) is 0 Å². The number of hydrogen-bond acceptors (Lipinski definition) is 9. The fourth-order valence-corrected chi connectivity index (χ4v) is 5.83. The number of fused-ring (bicyclic) bond motifs is 1. The molecule has 1 aliphatic rings. The number of carbonyl (C=O) groups excluding carboxylic acids is 1.